The van der Waals surface area contributed by atoms with Crippen LogP contribution in [0.2, 0.25) is 0 Å². The van der Waals surface area contributed by atoms with Gasteiger partial charge in [-0.05, 0) is 91.8 Å². The van der Waals surface area contributed by atoms with Crippen LogP contribution < -0.4 is 15.4 Å². The second-order valence-electron chi connectivity index (χ2n) is 11.0. The Kier molecular flexibility index (Phi) is 7.16. The van der Waals surface area contributed by atoms with Crippen molar-refractivity contribution in [3.63, 3.8) is 0 Å². The number of nitrogens with one attached hydrogen (secondary N) is 2. The van der Waals surface area contributed by atoms with Gasteiger partial charge in [0.25, 0.3) is 0 Å². The third kappa shape index (κ3) is 5.69. The van der Waals surface area contributed by atoms with Crippen LogP contribution in [0.3, 0.4) is 0 Å². The van der Waals surface area contributed by atoms with Gasteiger partial charge < -0.3 is 19.9 Å². The third-order valence-electron chi connectivity index (χ3n) is 7.34. The molecule has 37 heavy (non-hydrogen) atoms. The number of hydrogen-bond acceptors (Lipinski definition) is 6. The Morgan fingerprint density at radius 3 is 2.24 bits per heavy atom. The average Bonchev–Trinajstić information content (AvgIpc) is 3.12. The van der Waals surface area contributed by atoms with Crippen LogP contribution in [0.4, 0.5) is 30.6 Å². The summed E-state index contributed by atoms with van der Waals surface area (Å²) in [6.07, 6.45) is 2.77. The van der Waals surface area contributed by atoms with Crippen molar-refractivity contribution < 1.29 is 17.9 Å². The fourth-order valence-electron chi connectivity index (χ4n) is 5.34. The predicted octanol–water partition coefficient (Wildman–Crippen LogP) is 6.43. The van der Waals surface area contributed by atoms with Crippen LogP contribution in [-0.2, 0) is 0 Å². The van der Waals surface area contributed by atoms with E-state index in [-0.39, 0.29) is 34.6 Å². The van der Waals surface area contributed by atoms with Gasteiger partial charge in [0.05, 0.1) is 11.9 Å². The zero-order valence-corrected chi connectivity index (χ0v) is 22.4. The molecule has 0 radical (unpaired) electrons. The molecule has 200 valence electrons. The van der Waals surface area contributed by atoms with Crippen molar-refractivity contribution in [3.8, 4) is 11.4 Å². The SMILES string of the molecule is Cc1ccc(C)n1-c1cc(Nc2ncc(F)c(NC3CC(C)(C)N(C)C(C)(C)C3)n2)ccc1OC(F)F. The second-order valence-corrected chi connectivity index (χ2v) is 11.0. The van der Waals surface area contributed by atoms with Crippen LogP contribution in [0, 0.1) is 19.7 Å². The number of alkyl halides is 2. The lowest BCUT2D eigenvalue weighted by Gasteiger charge is -2.53. The molecule has 0 unspecified atom stereocenters. The summed E-state index contributed by atoms with van der Waals surface area (Å²) in [5, 5.41) is 6.36. The molecule has 1 aliphatic heterocycles. The van der Waals surface area contributed by atoms with Gasteiger partial charge in [0, 0.05) is 34.2 Å². The summed E-state index contributed by atoms with van der Waals surface area (Å²) in [7, 11) is 2.12. The molecule has 0 aliphatic carbocycles. The van der Waals surface area contributed by atoms with E-state index in [1.165, 1.54) is 6.07 Å². The first-order valence-electron chi connectivity index (χ1n) is 12.3. The summed E-state index contributed by atoms with van der Waals surface area (Å²) in [4.78, 5) is 10.8. The molecule has 10 heteroatoms. The first-order valence-corrected chi connectivity index (χ1v) is 12.3. The van der Waals surface area contributed by atoms with E-state index in [1.54, 1.807) is 12.1 Å². The van der Waals surface area contributed by atoms with Crippen molar-refractivity contribution in [1.82, 2.24) is 19.4 Å². The molecule has 0 saturated carbocycles. The lowest BCUT2D eigenvalue weighted by atomic mass is 9.77. The molecule has 1 saturated heterocycles. The van der Waals surface area contributed by atoms with Crippen LogP contribution in [0.25, 0.3) is 5.69 Å². The molecular formula is C27H35F3N6O. The Morgan fingerprint density at radius 1 is 1.03 bits per heavy atom. The Labute approximate surface area is 216 Å². The maximum atomic E-state index is 14.7. The van der Waals surface area contributed by atoms with Gasteiger partial charge in [-0.15, -0.1) is 0 Å². The summed E-state index contributed by atoms with van der Waals surface area (Å²) in [6.45, 7) is 9.52. The van der Waals surface area contributed by atoms with Crippen LogP contribution in [0.5, 0.6) is 5.75 Å². The number of aryl methyl sites for hydroxylation is 2. The maximum absolute atomic E-state index is 14.7. The number of anilines is 3. The highest BCUT2D eigenvalue weighted by atomic mass is 19.3. The number of halogens is 3. The molecule has 0 bridgehead atoms. The van der Waals surface area contributed by atoms with Gasteiger partial charge in [0.1, 0.15) is 5.75 Å². The van der Waals surface area contributed by atoms with E-state index < -0.39 is 12.4 Å². The van der Waals surface area contributed by atoms with Crippen molar-refractivity contribution in [3.05, 3.63) is 53.7 Å². The molecule has 7 nitrogen and oxygen atoms in total. The lowest BCUT2D eigenvalue weighted by molar-refractivity contribution is -0.0498. The molecule has 1 fully saturated rings. The maximum Gasteiger partial charge on any atom is 0.387 e. The molecule has 0 spiro atoms. The molecular weight excluding hydrogens is 481 g/mol. The number of rotatable bonds is 7. The Hall–Kier alpha value is -3.27. The van der Waals surface area contributed by atoms with Crippen LogP contribution in [-0.4, -0.2) is 50.2 Å². The van der Waals surface area contributed by atoms with Crippen molar-refractivity contribution >= 4 is 17.5 Å². The van der Waals surface area contributed by atoms with Gasteiger partial charge in [-0.1, -0.05) is 0 Å². The van der Waals surface area contributed by atoms with E-state index in [9.17, 15) is 13.2 Å². The monoisotopic (exact) mass is 516 g/mol. The zero-order valence-electron chi connectivity index (χ0n) is 22.4. The van der Waals surface area contributed by atoms with Crippen molar-refractivity contribution in [2.75, 3.05) is 17.7 Å². The number of ether oxygens (including phenoxy) is 1. The minimum Gasteiger partial charge on any atom is -0.433 e. The highest BCUT2D eigenvalue weighted by Crippen LogP contribution is 2.38. The molecule has 2 N–H and O–H groups in total. The molecule has 1 aromatic carbocycles. The van der Waals surface area contributed by atoms with Gasteiger partial charge in [0.2, 0.25) is 5.95 Å². The predicted molar refractivity (Wildman–Crippen MR) is 140 cm³/mol. The fourth-order valence-corrected chi connectivity index (χ4v) is 5.34. The summed E-state index contributed by atoms with van der Waals surface area (Å²) in [5.74, 6) is -0.198. The molecule has 3 heterocycles. The van der Waals surface area contributed by atoms with E-state index in [1.807, 2.05) is 30.5 Å². The standard InChI is InChI=1S/C27H35F3N6O/c1-16-8-9-17(2)36(16)21-12-18(10-11-22(21)37-24(29)30)33-25-31-15-20(28)23(34-25)32-19-13-26(3,4)35(7)27(5,6)14-19/h8-12,15,19,24H,13-14H2,1-7H3,(H2,31,32,33,34). The topological polar surface area (TPSA) is 67.2 Å². The first kappa shape index (κ1) is 26.8. The zero-order chi connectivity index (χ0) is 27.1. The number of piperidine rings is 1. The van der Waals surface area contributed by atoms with E-state index in [4.69, 9.17) is 4.74 Å². The van der Waals surface area contributed by atoms with Crippen LogP contribution in [0.1, 0.15) is 51.9 Å². The molecule has 2 aromatic heterocycles. The van der Waals surface area contributed by atoms with Crippen molar-refractivity contribution in [2.24, 2.45) is 0 Å². The minimum absolute atomic E-state index is 0.0236. The van der Waals surface area contributed by atoms with Crippen LogP contribution in [0.15, 0.2) is 36.5 Å². The van der Waals surface area contributed by atoms with Crippen molar-refractivity contribution in [1.29, 1.82) is 0 Å². The van der Waals surface area contributed by atoms with E-state index in [0.29, 0.717) is 11.4 Å². The molecule has 0 atom stereocenters. The number of benzene rings is 1. The minimum atomic E-state index is -2.96. The molecule has 1 aliphatic rings. The number of aromatic nitrogens is 3. The Morgan fingerprint density at radius 2 is 1.65 bits per heavy atom. The quantitative estimate of drug-likeness (QED) is 0.377. The molecule has 3 aromatic rings. The summed E-state index contributed by atoms with van der Waals surface area (Å²) < 4.78 is 47.5. The fraction of sp³-hybridized carbons (Fsp3) is 0.481. The van der Waals surface area contributed by atoms with Gasteiger partial charge in [-0.2, -0.15) is 13.8 Å². The Bertz CT molecular complexity index is 1240. The van der Waals surface area contributed by atoms with Gasteiger partial charge in [-0.3, -0.25) is 4.90 Å². The smallest absolute Gasteiger partial charge is 0.387 e. The summed E-state index contributed by atoms with van der Waals surface area (Å²) in [5.41, 5.74) is 2.57. The van der Waals surface area contributed by atoms with Gasteiger partial charge in [-0.25, -0.2) is 9.37 Å². The molecule has 0 amide bonds. The molecule has 4 rings (SSSR count). The number of nitrogens with zero attached hydrogens (tertiary/aromatic N) is 4. The van der Waals surface area contributed by atoms with Gasteiger partial charge >= 0.3 is 6.61 Å². The van der Waals surface area contributed by atoms with E-state index in [0.717, 1.165) is 30.4 Å². The summed E-state index contributed by atoms with van der Waals surface area (Å²) in [6, 6.07) is 8.56. The highest BCUT2D eigenvalue weighted by molar-refractivity contribution is 5.64. The highest BCUT2D eigenvalue weighted by Gasteiger charge is 2.43. The largest absolute Gasteiger partial charge is 0.433 e. The average molecular weight is 517 g/mol. The number of likely N-dealkylation sites (tertiary alicyclic amines) is 1. The lowest BCUT2D eigenvalue weighted by Crippen LogP contribution is -2.61. The second kappa shape index (κ2) is 9.89. The van der Waals surface area contributed by atoms with Crippen molar-refractivity contribution in [2.45, 2.75) is 78.1 Å². The van der Waals surface area contributed by atoms with Crippen LogP contribution >= 0.6 is 0 Å². The number of hydrogen-bond donors (Lipinski definition) is 2. The first-order chi connectivity index (χ1) is 17.3. The summed E-state index contributed by atoms with van der Waals surface area (Å²) >= 11 is 0. The normalized spacial score (nSPS) is 17.7. The van der Waals surface area contributed by atoms with E-state index in [2.05, 4.69) is 60.2 Å². The Balaban J connectivity index is 1.61. The van der Waals surface area contributed by atoms with E-state index >= 15 is 0 Å². The van der Waals surface area contributed by atoms with Gasteiger partial charge in [0.15, 0.2) is 11.6 Å². The third-order valence-corrected chi connectivity index (χ3v) is 7.34.